The number of carboxylic acid groups (broad SMARTS) is 4. The van der Waals surface area contributed by atoms with Crippen molar-refractivity contribution in [2.45, 2.75) is 144 Å². The number of ketones is 1. The molecule has 4 aliphatic carbocycles. The van der Waals surface area contributed by atoms with Crippen molar-refractivity contribution in [2.24, 2.45) is 28.6 Å². The van der Waals surface area contributed by atoms with Gasteiger partial charge in [-0.1, -0.05) is 13.8 Å². The van der Waals surface area contributed by atoms with Crippen LogP contribution in [0.5, 0.6) is 0 Å². The number of allylic oxidation sites excluding steroid dienone is 1. The van der Waals surface area contributed by atoms with Gasteiger partial charge in [0.1, 0.15) is 16.8 Å². The molecule has 0 heterocycles. The molecule has 0 saturated heterocycles. The van der Waals surface area contributed by atoms with E-state index in [0.717, 1.165) is 6.08 Å². The van der Waals surface area contributed by atoms with Gasteiger partial charge in [-0.05, 0) is 88.7 Å². The summed E-state index contributed by atoms with van der Waals surface area (Å²) in [5.41, 5.74) is -19.7. The largest absolute Gasteiger partial charge is 0.481 e. The van der Waals surface area contributed by atoms with Gasteiger partial charge in [-0.3, -0.25) is 24.0 Å². The smallest absolute Gasteiger partial charge is 0.306 e. The molecule has 3 fully saturated rings. The summed E-state index contributed by atoms with van der Waals surface area (Å²) in [5, 5.41) is 123. The van der Waals surface area contributed by atoms with E-state index in [2.05, 4.69) is 0 Å². The topological polar surface area (TPSA) is 308 Å². The third-order valence-electron chi connectivity index (χ3n) is 13.2. The predicted octanol–water partition coefficient (Wildman–Crippen LogP) is 0.204. The maximum Gasteiger partial charge on any atom is 0.306 e. The van der Waals surface area contributed by atoms with Crippen LogP contribution in [0, 0.1) is 28.6 Å². The molecule has 0 aromatic heterocycles. The van der Waals surface area contributed by atoms with Gasteiger partial charge in [-0.25, -0.2) is 0 Å². The number of aliphatic carboxylic acids is 4. The second-order valence-corrected chi connectivity index (χ2v) is 17.4. The van der Waals surface area contributed by atoms with E-state index < -0.39 is 149 Å². The minimum Gasteiger partial charge on any atom is -0.481 e. The molecule has 0 aromatic rings. The van der Waals surface area contributed by atoms with Gasteiger partial charge in [0.25, 0.3) is 0 Å². The third-order valence-corrected chi connectivity index (χ3v) is 13.2. The zero-order valence-corrected chi connectivity index (χ0v) is 29.5. The fraction of sp³-hybridized carbons (Fsp3) is 0.800. The van der Waals surface area contributed by atoms with E-state index in [0.29, 0.717) is 0 Å². The Morgan fingerprint density at radius 3 is 1.80 bits per heavy atom. The van der Waals surface area contributed by atoms with Gasteiger partial charge in [0.15, 0.2) is 5.78 Å². The van der Waals surface area contributed by atoms with Crippen LogP contribution in [0.4, 0.5) is 0 Å². The van der Waals surface area contributed by atoms with Crippen LogP contribution in [0.3, 0.4) is 0 Å². The Hall–Kier alpha value is -2.99. The normalized spacial score (nSPS) is 41.6. The second kappa shape index (κ2) is 12.3. The molecular formula is C35H52O16. The molecule has 0 spiro atoms. The van der Waals surface area contributed by atoms with Gasteiger partial charge < -0.3 is 56.2 Å². The lowest BCUT2D eigenvalue weighted by Crippen LogP contribution is -2.73. The molecule has 0 aromatic carbocycles. The van der Waals surface area contributed by atoms with Crippen molar-refractivity contribution in [1.82, 2.24) is 0 Å². The van der Waals surface area contributed by atoms with Crippen LogP contribution in [0.25, 0.3) is 0 Å². The van der Waals surface area contributed by atoms with Crippen molar-refractivity contribution in [3.63, 3.8) is 0 Å². The highest BCUT2D eigenvalue weighted by molar-refractivity contribution is 5.95. The molecule has 1 unspecified atom stereocenters. The summed E-state index contributed by atoms with van der Waals surface area (Å²) >= 11 is 0. The number of hydrogen-bond donors (Lipinski definition) is 11. The van der Waals surface area contributed by atoms with E-state index in [4.69, 9.17) is 0 Å². The van der Waals surface area contributed by atoms with E-state index in [1.54, 1.807) is 0 Å². The Kier molecular flexibility index (Phi) is 9.82. The monoisotopic (exact) mass is 728 g/mol. The van der Waals surface area contributed by atoms with Crippen LogP contribution < -0.4 is 0 Å². The van der Waals surface area contributed by atoms with E-state index >= 15 is 0 Å². The van der Waals surface area contributed by atoms with E-state index in [1.165, 1.54) is 34.6 Å². The first kappa shape index (κ1) is 40.8. The van der Waals surface area contributed by atoms with Crippen LogP contribution in [0.15, 0.2) is 11.6 Å². The lowest BCUT2D eigenvalue weighted by atomic mass is 9.39. The van der Waals surface area contributed by atoms with Crippen LogP contribution in [0.2, 0.25) is 0 Å². The number of carbonyl (C=O) groups excluding carboxylic acids is 1. The molecule has 16 heteroatoms. The Balaban J connectivity index is 1.95. The zero-order chi connectivity index (χ0) is 39.2. The average Bonchev–Trinajstić information content (AvgIpc) is 3.17. The molecule has 16 nitrogen and oxygen atoms in total. The zero-order valence-electron chi connectivity index (χ0n) is 29.5. The maximum atomic E-state index is 14.1. The predicted molar refractivity (Wildman–Crippen MR) is 173 cm³/mol. The Morgan fingerprint density at radius 2 is 1.31 bits per heavy atom. The summed E-state index contributed by atoms with van der Waals surface area (Å²) in [6.45, 7) is 6.87. The van der Waals surface area contributed by atoms with Crippen molar-refractivity contribution >= 4 is 29.7 Å². The number of rotatable bonds is 13. The van der Waals surface area contributed by atoms with Crippen LogP contribution in [-0.2, 0) is 24.0 Å². The Morgan fingerprint density at radius 1 is 0.784 bits per heavy atom. The molecule has 0 amide bonds. The third kappa shape index (κ3) is 6.40. The molecule has 3 saturated carbocycles. The number of carboxylic acids is 4. The van der Waals surface area contributed by atoms with Crippen LogP contribution in [0.1, 0.15) is 105 Å². The summed E-state index contributed by atoms with van der Waals surface area (Å²) in [6.07, 6.45) is -6.35. The molecule has 0 aliphatic heterocycles. The molecule has 11 N–H and O–H groups in total. The second-order valence-electron chi connectivity index (χ2n) is 17.4. The van der Waals surface area contributed by atoms with Gasteiger partial charge in [-0.2, -0.15) is 0 Å². The van der Waals surface area contributed by atoms with E-state index in [9.17, 15) is 80.1 Å². The molecule has 0 radical (unpaired) electrons. The van der Waals surface area contributed by atoms with Crippen molar-refractivity contribution in [1.29, 1.82) is 0 Å². The summed E-state index contributed by atoms with van der Waals surface area (Å²) in [6, 6.07) is 0. The fourth-order valence-corrected chi connectivity index (χ4v) is 11.0. The average molecular weight is 729 g/mol. The highest BCUT2D eigenvalue weighted by Crippen LogP contribution is 2.73. The van der Waals surface area contributed by atoms with E-state index in [-0.39, 0.29) is 24.8 Å². The van der Waals surface area contributed by atoms with Gasteiger partial charge in [0.2, 0.25) is 0 Å². The van der Waals surface area contributed by atoms with Crippen LogP contribution >= 0.6 is 0 Å². The molecule has 0 bridgehead atoms. The molecule has 288 valence electrons. The Bertz CT molecular complexity index is 1530. The lowest BCUT2D eigenvalue weighted by molar-refractivity contribution is -0.263. The standard InChI is InChI=1S/C35H52O16/c1-27(2,45)8-9-32(48,13-23(39)40)30(5,46)21-6-7-35(51)18-10-20(36)19-11-33(49,14-24(41)42)34(50,15-25(43)44)16-28(19,3)26(18)31(47,12-22(37)38)17-29(21,35)4/h10,19,21,26,45-51H,6-9,11-17H2,1-5H3,(H,37,38)(H,39,40)(H,41,42)(H,43,44)/t19-,21-,26-,28-,29+,30+,31-,32+,33+,34+,35?/m0/s1. The summed E-state index contributed by atoms with van der Waals surface area (Å²) in [7, 11) is 0. The Labute approximate surface area is 294 Å². The first-order valence-corrected chi connectivity index (χ1v) is 17.1. The highest BCUT2D eigenvalue weighted by Gasteiger charge is 2.77. The van der Waals surface area contributed by atoms with Gasteiger partial charge in [0, 0.05) is 17.3 Å². The minimum absolute atomic E-state index is 0.118. The lowest BCUT2D eigenvalue weighted by Gasteiger charge is -2.67. The SMILES string of the molecule is CC(C)(O)CC[C@@](O)(CC(=O)O)[C@](C)(O)[C@H]1CCC2(O)C3=CC(=O)[C@@H]4C[C@@](O)(CC(=O)O)[C@@](O)(CC(=O)O)C[C@]4(C)[C@H]3[C@](O)(CC(=O)O)C[C@]12C. The maximum absolute atomic E-state index is 14.1. The highest BCUT2D eigenvalue weighted by atomic mass is 16.4. The minimum atomic E-state index is -2.70. The quantitative estimate of drug-likeness (QED) is 0.121. The molecule has 11 atom stereocenters. The summed E-state index contributed by atoms with van der Waals surface area (Å²) in [4.78, 5) is 62.4. The number of carbonyl (C=O) groups is 5. The van der Waals surface area contributed by atoms with E-state index in [1.807, 2.05) is 0 Å². The number of fused-ring (bicyclic) bond motifs is 5. The number of aliphatic hydroxyl groups is 7. The van der Waals surface area contributed by atoms with Gasteiger partial charge in [0.05, 0.1) is 48.1 Å². The molecule has 4 rings (SSSR count). The molecular weight excluding hydrogens is 676 g/mol. The summed E-state index contributed by atoms with van der Waals surface area (Å²) in [5.74, 6) is -11.1. The molecule has 4 aliphatic rings. The van der Waals surface area contributed by atoms with Crippen molar-refractivity contribution < 1.29 is 80.1 Å². The number of hydrogen-bond acceptors (Lipinski definition) is 12. The van der Waals surface area contributed by atoms with Gasteiger partial charge in [-0.15, -0.1) is 0 Å². The van der Waals surface area contributed by atoms with Crippen molar-refractivity contribution in [2.75, 3.05) is 0 Å². The van der Waals surface area contributed by atoms with Crippen molar-refractivity contribution in [3.05, 3.63) is 11.6 Å². The molecule has 51 heavy (non-hydrogen) atoms. The van der Waals surface area contributed by atoms with Gasteiger partial charge >= 0.3 is 23.9 Å². The van der Waals surface area contributed by atoms with Crippen molar-refractivity contribution in [3.8, 4) is 0 Å². The fourth-order valence-electron chi connectivity index (χ4n) is 11.0. The summed E-state index contributed by atoms with van der Waals surface area (Å²) < 4.78 is 0. The van der Waals surface area contributed by atoms with Crippen LogP contribution in [-0.4, -0.2) is 125 Å². The first-order chi connectivity index (χ1) is 22.9. The first-order valence-electron chi connectivity index (χ1n) is 17.1.